The van der Waals surface area contributed by atoms with Gasteiger partial charge in [0.05, 0.1) is 18.9 Å². The van der Waals surface area contributed by atoms with E-state index in [4.69, 9.17) is 4.74 Å². The van der Waals surface area contributed by atoms with Gasteiger partial charge in [0.25, 0.3) is 5.91 Å². The highest BCUT2D eigenvalue weighted by molar-refractivity contribution is 9.10. The standard InChI is InChI=1S/C15H15BrN4O2/c16-11-9-13(19-15(21)12-3-1-2-4-17-12)14(18-10-11)20-5-7-22-8-6-20/h1-4,9-10H,5-8H2,(H,19,21). The van der Waals surface area contributed by atoms with Crippen LogP contribution < -0.4 is 10.2 Å². The average Bonchev–Trinajstić information content (AvgIpc) is 2.56. The largest absolute Gasteiger partial charge is 0.378 e. The minimum Gasteiger partial charge on any atom is -0.378 e. The Morgan fingerprint density at radius 3 is 2.82 bits per heavy atom. The van der Waals surface area contributed by atoms with Gasteiger partial charge in [-0.15, -0.1) is 0 Å². The molecular formula is C15H15BrN4O2. The molecule has 1 aliphatic heterocycles. The number of hydrogen-bond donors (Lipinski definition) is 1. The summed E-state index contributed by atoms with van der Waals surface area (Å²) >= 11 is 3.39. The number of ether oxygens (including phenoxy) is 1. The zero-order valence-electron chi connectivity index (χ0n) is 11.8. The second-order valence-corrected chi connectivity index (χ2v) is 5.71. The van der Waals surface area contributed by atoms with Crippen molar-refractivity contribution in [1.82, 2.24) is 9.97 Å². The number of amides is 1. The number of pyridine rings is 2. The van der Waals surface area contributed by atoms with Gasteiger partial charge >= 0.3 is 0 Å². The number of morpholine rings is 1. The van der Waals surface area contributed by atoms with Crippen LogP contribution in [0, 0.1) is 0 Å². The van der Waals surface area contributed by atoms with Crippen LogP contribution in [0.4, 0.5) is 11.5 Å². The fourth-order valence-electron chi connectivity index (χ4n) is 2.23. The minimum absolute atomic E-state index is 0.255. The molecule has 7 heteroatoms. The molecule has 0 radical (unpaired) electrons. The van der Waals surface area contributed by atoms with Gasteiger partial charge in [-0.3, -0.25) is 9.78 Å². The molecule has 114 valence electrons. The van der Waals surface area contributed by atoms with E-state index < -0.39 is 0 Å². The van der Waals surface area contributed by atoms with Gasteiger partial charge < -0.3 is 15.0 Å². The third-order valence-corrected chi connectivity index (χ3v) is 3.72. The summed E-state index contributed by atoms with van der Waals surface area (Å²) in [6.45, 7) is 2.82. The number of aromatic nitrogens is 2. The second kappa shape index (κ2) is 6.85. The molecule has 3 heterocycles. The number of nitrogens with zero attached hydrogens (tertiary/aromatic N) is 3. The number of anilines is 2. The predicted octanol–water partition coefficient (Wildman–Crippen LogP) is 2.33. The first kappa shape index (κ1) is 14.9. The maximum absolute atomic E-state index is 12.3. The summed E-state index contributed by atoms with van der Waals surface area (Å²) in [4.78, 5) is 22.9. The minimum atomic E-state index is -0.255. The van der Waals surface area contributed by atoms with Gasteiger partial charge in [0.2, 0.25) is 0 Å². The van der Waals surface area contributed by atoms with Crippen LogP contribution in [-0.2, 0) is 4.74 Å². The molecule has 22 heavy (non-hydrogen) atoms. The lowest BCUT2D eigenvalue weighted by atomic mass is 10.3. The molecule has 0 aliphatic carbocycles. The third kappa shape index (κ3) is 3.42. The van der Waals surface area contributed by atoms with Crippen LogP contribution in [0.2, 0.25) is 0 Å². The van der Waals surface area contributed by atoms with Crippen molar-refractivity contribution in [3.8, 4) is 0 Å². The van der Waals surface area contributed by atoms with E-state index >= 15 is 0 Å². The van der Waals surface area contributed by atoms with Gasteiger partial charge in [-0.25, -0.2) is 4.98 Å². The van der Waals surface area contributed by atoms with Gasteiger partial charge in [0, 0.05) is 30.0 Å². The van der Waals surface area contributed by atoms with E-state index in [1.807, 2.05) is 6.07 Å². The highest BCUT2D eigenvalue weighted by Crippen LogP contribution is 2.27. The number of nitrogens with one attached hydrogen (secondary N) is 1. The number of halogens is 1. The number of rotatable bonds is 3. The van der Waals surface area contributed by atoms with Gasteiger partial charge in [-0.05, 0) is 34.1 Å². The highest BCUT2D eigenvalue weighted by atomic mass is 79.9. The Morgan fingerprint density at radius 1 is 1.27 bits per heavy atom. The van der Waals surface area contributed by atoms with E-state index in [1.54, 1.807) is 30.6 Å². The fourth-order valence-corrected chi connectivity index (χ4v) is 2.57. The third-order valence-electron chi connectivity index (χ3n) is 3.29. The average molecular weight is 363 g/mol. The Kier molecular flexibility index (Phi) is 4.65. The number of hydrogen-bond acceptors (Lipinski definition) is 5. The molecule has 0 unspecified atom stereocenters. The Bertz CT molecular complexity index is 660. The quantitative estimate of drug-likeness (QED) is 0.907. The first-order valence-corrected chi connectivity index (χ1v) is 7.74. The molecule has 0 bridgehead atoms. The molecule has 1 amide bonds. The summed E-state index contributed by atoms with van der Waals surface area (Å²) in [6.07, 6.45) is 3.32. The molecule has 1 saturated heterocycles. The van der Waals surface area contributed by atoms with Crippen molar-refractivity contribution in [2.75, 3.05) is 36.5 Å². The van der Waals surface area contributed by atoms with Crippen molar-refractivity contribution >= 4 is 33.3 Å². The van der Waals surface area contributed by atoms with Crippen LogP contribution in [0.5, 0.6) is 0 Å². The topological polar surface area (TPSA) is 67.4 Å². The first-order valence-electron chi connectivity index (χ1n) is 6.94. The number of carbonyl (C=O) groups excluding carboxylic acids is 1. The van der Waals surface area contributed by atoms with E-state index in [0.717, 1.165) is 23.4 Å². The molecule has 0 aromatic carbocycles. The molecule has 0 spiro atoms. The zero-order valence-corrected chi connectivity index (χ0v) is 13.4. The summed E-state index contributed by atoms with van der Waals surface area (Å²) in [7, 11) is 0. The maximum atomic E-state index is 12.3. The van der Waals surface area contributed by atoms with Crippen molar-refractivity contribution in [3.05, 3.63) is 46.8 Å². The van der Waals surface area contributed by atoms with Crippen molar-refractivity contribution in [2.45, 2.75) is 0 Å². The summed E-state index contributed by atoms with van der Waals surface area (Å²) in [6, 6.07) is 7.08. The predicted molar refractivity (Wildman–Crippen MR) is 87.2 cm³/mol. The Morgan fingerprint density at radius 2 is 2.09 bits per heavy atom. The lowest BCUT2D eigenvalue weighted by Crippen LogP contribution is -2.37. The summed E-state index contributed by atoms with van der Waals surface area (Å²) in [5, 5.41) is 2.89. The second-order valence-electron chi connectivity index (χ2n) is 4.79. The maximum Gasteiger partial charge on any atom is 0.274 e. The summed E-state index contributed by atoms with van der Waals surface area (Å²) in [5.74, 6) is 0.491. The molecule has 1 N–H and O–H groups in total. The zero-order chi connectivity index (χ0) is 15.4. The van der Waals surface area contributed by atoms with Crippen LogP contribution in [0.25, 0.3) is 0 Å². The Labute approximate surface area is 136 Å². The van der Waals surface area contributed by atoms with Crippen molar-refractivity contribution in [1.29, 1.82) is 0 Å². The lowest BCUT2D eigenvalue weighted by molar-refractivity contribution is 0.102. The molecule has 0 atom stereocenters. The molecule has 1 fully saturated rings. The summed E-state index contributed by atoms with van der Waals surface area (Å²) < 4.78 is 6.17. The number of carbonyl (C=O) groups is 1. The lowest BCUT2D eigenvalue weighted by Gasteiger charge is -2.29. The van der Waals surface area contributed by atoms with E-state index in [2.05, 4.69) is 36.1 Å². The van der Waals surface area contributed by atoms with E-state index in [0.29, 0.717) is 24.6 Å². The Balaban J connectivity index is 1.85. The van der Waals surface area contributed by atoms with Crippen LogP contribution in [0.1, 0.15) is 10.5 Å². The van der Waals surface area contributed by atoms with Crippen LogP contribution in [0.3, 0.4) is 0 Å². The fraction of sp³-hybridized carbons (Fsp3) is 0.267. The molecule has 1 aliphatic rings. The van der Waals surface area contributed by atoms with Crippen molar-refractivity contribution < 1.29 is 9.53 Å². The van der Waals surface area contributed by atoms with Crippen molar-refractivity contribution in [3.63, 3.8) is 0 Å². The van der Waals surface area contributed by atoms with Crippen LogP contribution in [0.15, 0.2) is 41.1 Å². The van der Waals surface area contributed by atoms with Crippen LogP contribution >= 0.6 is 15.9 Å². The van der Waals surface area contributed by atoms with Crippen molar-refractivity contribution in [2.24, 2.45) is 0 Å². The molecule has 2 aromatic heterocycles. The first-order chi connectivity index (χ1) is 10.7. The SMILES string of the molecule is O=C(Nc1cc(Br)cnc1N1CCOCC1)c1ccccn1. The molecule has 2 aromatic rings. The molecular weight excluding hydrogens is 348 g/mol. The highest BCUT2D eigenvalue weighted by Gasteiger charge is 2.18. The Hall–Kier alpha value is -1.99. The van der Waals surface area contributed by atoms with E-state index in [9.17, 15) is 4.79 Å². The van der Waals surface area contributed by atoms with Gasteiger partial charge in [0.1, 0.15) is 5.69 Å². The van der Waals surface area contributed by atoms with E-state index in [1.165, 1.54) is 0 Å². The van der Waals surface area contributed by atoms with Gasteiger partial charge in [-0.2, -0.15) is 0 Å². The monoisotopic (exact) mass is 362 g/mol. The smallest absolute Gasteiger partial charge is 0.274 e. The summed E-state index contributed by atoms with van der Waals surface area (Å²) in [5.41, 5.74) is 1.03. The normalized spacial score (nSPS) is 14.7. The molecule has 3 rings (SSSR count). The molecule has 0 saturated carbocycles. The van der Waals surface area contributed by atoms with E-state index in [-0.39, 0.29) is 5.91 Å². The molecule has 6 nitrogen and oxygen atoms in total. The van der Waals surface area contributed by atoms with Gasteiger partial charge in [0.15, 0.2) is 5.82 Å². The van der Waals surface area contributed by atoms with Gasteiger partial charge in [-0.1, -0.05) is 6.07 Å². The van der Waals surface area contributed by atoms with Crippen LogP contribution in [-0.4, -0.2) is 42.2 Å².